The Morgan fingerprint density at radius 3 is 1.77 bits per heavy atom. The molecule has 10 nitrogen and oxygen atoms in total. The molecule has 0 aliphatic carbocycles. The molecule has 1 rings (SSSR count). The van der Waals surface area contributed by atoms with Crippen LogP contribution in [0.4, 0.5) is 4.79 Å². The Kier molecular flexibility index (Phi) is 8.01. The molecule has 30 heavy (non-hydrogen) atoms. The molecule has 10 heteroatoms. The summed E-state index contributed by atoms with van der Waals surface area (Å²) in [5, 5.41) is 21.2. The van der Waals surface area contributed by atoms with Crippen LogP contribution in [0.1, 0.15) is 54.9 Å². The van der Waals surface area contributed by atoms with Crippen LogP contribution >= 0.6 is 0 Å². The van der Waals surface area contributed by atoms with Crippen LogP contribution in [0.25, 0.3) is 0 Å². The van der Waals surface area contributed by atoms with Crippen LogP contribution in [-0.2, 0) is 23.9 Å². The zero-order chi connectivity index (χ0) is 23.6. The largest absolute Gasteiger partial charge is 0.459 e. The fourth-order valence-corrected chi connectivity index (χ4v) is 2.88. The summed E-state index contributed by atoms with van der Waals surface area (Å²) >= 11 is 0. The first-order chi connectivity index (χ1) is 13.5. The number of aliphatic hydroxyl groups is 2. The molecular formula is C20H34N2O8. The third kappa shape index (κ3) is 5.48. The van der Waals surface area contributed by atoms with Crippen LogP contribution < -0.4 is 0 Å². The van der Waals surface area contributed by atoms with E-state index in [2.05, 4.69) is 0 Å². The predicted molar refractivity (Wildman–Crippen MR) is 106 cm³/mol. The standard InChI is InChI=1S/C20H34N2O8/c1-11(2)19(6,27)13(4)29-16(24)9-17(25)30-14(5)20(7,28)12(3)22-10-15(23)21(8)18(22)26/h11-14,27-28H,9-10H2,1-8H3. The molecule has 5 unspecified atom stereocenters. The number of hydrogen-bond donors (Lipinski definition) is 2. The second kappa shape index (κ2) is 9.30. The van der Waals surface area contributed by atoms with Crippen molar-refractivity contribution in [2.75, 3.05) is 13.6 Å². The van der Waals surface area contributed by atoms with Gasteiger partial charge in [-0.25, -0.2) is 4.79 Å². The molecule has 0 saturated carbocycles. The smallest absolute Gasteiger partial charge is 0.327 e. The molecule has 2 N–H and O–H groups in total. The van der Waals surface area contributed by atoms with E-state index in [-0.39, 0.29) is 12.5 Å². The fraction of sp³-hybridized carbons (Fsp3) is 0.800. The Hall–Kier alpha value is -2.20. The number of urea groups is 1. The van der Waals surface area contributed by atoms with Crippen LogP contribution in [-0.4, -0.2) is 86.9 Å². The molecule has 5 atom stereocenters. The average Bonchev–Trinajstić information content (AvgIpc) is 2.87. The summed E-state index contributed by atoms with van der Waals surface area (Å²) in [6, 6.07) is -1.39. The van der Waals surface area contributed by atoms with Crippen molar-refractivity contribution < 1.29 is 38.9 Å². The lowest BCUT2D eigenvalue weighted by atomic mass is 9.88. The zero-order valence-electron chi connectivity index (χ0n) is 19.0. The molecule has 3 amide bonds. The van der Waals surface area contributed by atoms with Crippen molar-refractivity contribution in [3.8, 4) is 0 Å². The fourth-order valence-electron chi connectivity index (χ4n) is 2.88. The maximum Gasteiger partial charge on any atom is 0.327 e. The highest BCUT2D eigenvalue weighted by Crippen LogP contribution is 2.26. The second-order valence-corrected chi connectivity index (χ2v) is 8.59. The average molecular weight is 430 g/mol. The van der Waals surface area contributed by atoms with Gasteiger partial charge >= 0.3 is 18.0 Å². The maximum absolute atomic E-state index is 12.2. The van der Waals surface area contributed by atoms with Crippen LogP contribution in [0.3, 0.4) is 0 Å². The molecule has 0 radical (unpaired) electrons. The summed E-state index contributed by atoms with van der Waals surface area (Å²) in [6.07, 6.45) is -2.62. The molecule has 0 spiro atoms. The highest BCUT2D eigenvalue weighted by atomic mass is 16.6. The number of carbonyl (C=O) groups excluding carboxylic acids is 4. The Balaban J connectivity index is 2.69. The number of hydrogen-bond acceptors (Lipinski definition) is 8. The first-order valence-corrected chi connectivity index (χ1v) is 9.94. The topological polar surface area (TPSA) is 134 Å². The van der Waals surface area contributed by atoms with Gasteiger partial charge in [0.25, 0.3) is 0 Å². The SMILES string of the molecule is CC(C)C(C)(O)C(C)OC(=O)CC(=O)OC(C)C(C)(O)C(C)N1CC(=O)N(C)C1=O. The normalized spacial score (nSPS) is 21.7. The number of carbonyl (C=O) groups is 4. The van der Waals surface area contributed by atoms with E-state index < -0.39 is 59.7 Å². The number of ether oxygens (including phenoxy) is 2. The molecule has 1 aliphatic rings. The molecule has 1 saturated heterocycles. The maximum atomic E-state index is 12.2. The molecule has 1 heterocycles. The van der Waals surface area contributed by atoms with Crippen LogP contribution in [0.5, 0.6) is 0 Å². The van der Waals surface area contributed by atoms with E-state index in [9.17, 15) is 29.4 Å². The van der Waals surface area contributed by atoms with Crippen molar-refractivity contribution in [3.05, 3.63) is 0 Å². The van der Waals surface area contributed by atoms with Gasteiger partial charge in [0.2, 0.25) is 5.91 Å². The summed E-state index contributed by atoms with van der Waals surface area (Å²) in [6.45, 7) is 10.8. The first-order valence-electron chi connectivity index (χ1n) is 9.94. The molecular weight excluding hydrogens is 396 g/mol. The number of nitrogens with zero attached hydrogens (tertiary/aromatic N) is 2. The quantitative estimate of drug-likeness (QED) is 0.310. The van der Waals surface area contributed by atoms with Crippen molar-refractivity contribution in [1.29, 1.82) is 0 Å². The van der Waals surface area contributed by atoms with Gasteiger partial charge in [0.1, 0.15) is 36.4 Å². The Bertz CT molecular complexity index is 688. The van der Waals surface area contributed by atoms with E-state index in [0.29, 0.717) is 0 Å². The van der Waals surface area contributed by atoms with E-state index >= 15 is 0 Å². The lowest BCUT2D eigenvalue weighted by molar-refractivity contribution is -0.177. The van der Waals surface area contributed by atoms with Crippen LogP contribution in [0.2, 0.25) is 0 Å². The summed E-state index contributed by atoms with van der Waals surface area (Å²) in [5.74, 6) is -2.36. The third-order valence-corrected chi connectivity index (χ3v) is 6.25. The summed E-state index contributed by atoms with van der Waals surface area (Å²) < 4.78 is 10.3. The minimum atomic E-state index is -1.69. The van der Waals surface area contributed by atoms with E-state index in [1.807, 2.05) is 0 Å². The van der Waals surface area contributed by atoms with Gasteiger partial charge in [-0.15, -0.1) is 0 Å². The zero-order valence-corrected chi connectivity index (χ0v) is 19.0. The van der Waals surface area contributed by atoms with Crippen LogP contribution in [0.15, 0.2) is 0 Å². The van der Waals surface area contributed by atoms with E-state index in [1.54, 1.807) is 20.8 Å². The van der Waals surface area contributed by atoms with Gasteiger partial charge in [-0.05, 0) is 40.5 Å². The molecule has 0 aromatic rings. The first kappa shape index (κ1) is 25.8. The molecule has 1 aliphatic heterocycles. The Morgan fingerprint density at radius 1 is 0.967 bits per heavy atom. The minimum absolute atomic E-state index is 0.178. The third-order valence-electron chi connectivity index (χ3n) is 6.25. The molecule has 0 aromatic heterocycles. The van der Waals surface area contributed by atoms with Crippen LogP contribution in [0, 0.1) is 5.92 Å². The predicted octanol–water partition coefficient (Wildman–Crippen LogP) is 0.680. The number of esters is 2. The summed E-state index contributed by atoms with van der Waals surface area (Å²) in [5.41, 5.74) is -2.95. The lowest BCUT2D eigenvalue weighted by Gasteiger charge is -2.39. The van der Waals surface area contributed by atoms with Gasteiger partial charge < -0.3 is 24.6 Å². The van der Waals surface area contributed by atoms with Gasteiger partial charge in [-0.1, -0.05) is 13.8 Å². The van der Waals surface area contributed by atoms with Gasteiger partial charge in [0, 0.05) is 7.05 Å². The Morgan fingerprint density at radius 2 is 1.40 bits per heavy atom. The molecule has 0 aromatic carbocycles. The Labute approximate surface area is 177 Å². The monoisotopic (exact) mass is 430 g/mol. The lowest BCUT2D eigenvalue weighted by Crippen LogP contribution is -2.57. The number of likely N-dealkylation sites (N-methyl/N-ethyl adjacent to an activating group) is 1. The van der Waals surface area contributed by atoms with E-state index in [1.165, 1.54) is 39.6 Å². The molecule has 172 valence electrons. The minimum Gasteiger partial charge on any atom is -0.459 e. The molecule has 1 fully saturated rings. The van der Waals surface area contributed by atoms with Crippen molar-refractivity contribution in [3.63, 3.8) is 0 Å². The summed E-state index contributed by atoms with van der Waals surface area (Å²) in [4.78, 5) is 50.2. The van der Waals surface area contributed by atoms with Crippen molar-refractivity contribution >= 4 is 23.9 Å². The summed E-state index contributed by atoms with van der Waals surface area (Å²) in [7, 11) is 1.35. The molecule has 0 bridgehead atoms. The van der Waals surface area contributed by atoms with Crippen molar-refractivity contribution in [2.24, 2.45) is 5.92 Å². The van der Waals surface area contributed by atoms with Crippen molar-refractivity contribution in [2.45, 2.75) is 84.3 Å². The van der Waals surface area contributed by atoms with Gasteiger partial charge in [0.15, 0.2) is 0 Å². The van der Waals surface area contributed by atoms with Gasteiger partial charge in [-0.3, -0.25) is 19.3 Å². The number of rotatable bonds is 9. The number of amides is 3. The van der Waals surface area contributed by atoms with E-state index in [0.717, 1.165) is 4.90 Å². The van der Waals surface area contributed by atoms with Crippen molar-refractivity contribution in [1.82, 2.24) is 9.80 Å². The number of imide groups is 1. The highest BCUT2D eigenvalue weighted by molar-refractivity contribution is 6.01. The van der Waals surface area contributed by atoms with Gasteiger partial charge in [-0.2, -0.15) is 0 Å². The van der Waals surface area contributed by atoms with Gasteiger partial charge in [0.05, 0.1) is 6.04 Å². The van der Waals surface area contributed by atoms with E-state index in [4.69, 9.17) is 9.47 Å². The highest BCUT2D eigenvalue weighted by Gasteiger charge is 2.46. The second-order valence-electron chi connectivity index (χ2n) is 8.59.